The summed E-state index contributed by atoms with van der Waals surface area (Å²) in [6.07, 6.45) is -3.20. The highest BCUT2D eigenvalue weighted by molar-refractivity contribution is 7.89. The molecule has 33 heavy (non-hydrogen) atoms. The number of furan rings is 1. The number of halogens is 3. The standard InChI is InChI=1S/C21H21F3N4O4S/c1-12-13(2)32-20-17(12)18(25-11-26-20)27-19(29)14-7-9-28(10-8-14)33(30,31)16-6-4-3-5-15(16)21(22,23)24/h3-6,11,14H,7-10H2,1-2H3,(H,25,26,27,29). The highest BCUT2D eigenvalue weighted by Gasteiger charge is 2.40. The van der Waals surface area contributed by atoms with Crippen molar-refractivity contribution in [1.82, 2.24) is 14.3 Å². The Morgan fingerprint density at radius 1 is 1.15 bits per heavy atom. The molecule has 0 unspecified atom stereocenters. The van der Waals surface area contributed by atoms with E-state index in [4.69, 9.17) is 4.42 Å². The minimum atomic E-state index is -4.80. The second-order valence-electron chi connectivity index (χ2n) is 7.85. The van der Waals surface area contributed by atoms with Gasteiger partial charge in [0.2, 0.25) is 21.6 Å². The number of carbonyl (C=O) groups is 1. The van der Waals surface area contributed by atoms with Gasteiger partial charge in [-0.2, -0.15) is 17.5 Å². The molecule has 1 amide bonds. The lowest BCUT2D eigenvalue weighted by molar-refractivity contribution is -0.139. The van der Waals surface area contributed by atoms with Crippen molar-refractivity contribution in [2.75, 3.05) is 18.4 Å². The maximum absolute atomic E-state index is 13.3. The zero-order chi connectivity index (χ0) is 24.0. The summed E-state index contributed by atoms with van der Waals surface area (Å²) in [6, 6.07) is 4.09. The topological polar surface area (TPSA) is 105 Å². The summed E-state index contributed by atoms with van der Waals surface area (Å²) in [5.74, 6) is 0.0841. The van der Waals surface area contributed by atoms with Crippen LogP contribution in [0.1, 0.15) is 29.7 Å². The molecule has 1 N–H and O–H groups in total. The summed E-state index contributed by atoms with van der Waals surface area (Å²) >= 11 is 0. The van der Waals surface area contributed by atoms with Gasteiger partial charge < -0.3 is 9.73 Å². The molecule has 8 nitrogen and oxygen atoms in total. The van der Waals surface area contributed by atoms with E-state index in [9.17, 15) is 26.4 Å². The number of alkyl halides is 3. The van der Waals surface area contributed by atoms with E-state index in [1.165, 1.54) is 12.4 Å². The van der Waals surface area contributed by atoms with Gasteiger partial charge in [0.1, 0.15) is 17.9 Å². The molecule has 1 saturated heterocycles. The zero-order valence-electron chi connectivity index (χ0n) is 17.8. The number of fused-ring (bicyclic) bond motifs is 1. The predicted octanol–water partition coefficient (Wildman–Crippen LogP) is 3.90. The highest BCUT2D eigenvalue weighted by atomic mass is 32.2. The van der Waals surface area contributed by atoms with Gasteiger partial charge in [-0.15, -0.1) is 0 Å². The van der Waals surface area contributed by atoms with Crippen molar-refractivity contribution in [3.05, 3.63) is 47.5 Å². The van der Waals surface area contributed by atoms with Crippen LogP contribution in [0.3, 0.4) is 0 Å². The Hall–Kier alpha value is -2.99. The van der Waals surface area contributed by atoms with E-state index >= 15 is 0 Å². The Morgan fingerprint density at radius 2 is 1.82 bits per heavy atom. The molecule has 4 rings (SSSR count). The predicted molar refractivity (Wildman–Crippen MR) is 113 cm³/mol. The molecule has 1 aliphatic rings. The fourth-order valence-corrected chi connectivity index (χ4v) is 5.60. The molecule has 3 aromatic rings. The molecule has 0 radical (unpaired) electrons. The summed E-state index contributed by atoms with van der Waals surface area (Å²) in [5.41, 5.74) is -0.0619. The fraction of sp³-hybridized carbons (Fsp3) is 0.381. The van der Waals surface area contributed by atoms with E-state index in [0.717, 1.165) is 28.1 Å². The Kier molecular flexibility index (Phi) is 5.91. The number of rotatable bonds is 4. The van der Waals surface area contributed by atoms with Crippen molar-refractivity contribution in [3.63, 3.8) is 0 Å². The molecule has 0 atom stereocenters. The van der Waals surface area contributed by atoms with Crippen LogP contribution in [-0.4, -0.2) is 41.7 Å². The molecule has 3 heterocycles. The highest BCUT2D eigenvalue weighted by Crippen LogP contribution is 2.36. The fourth-order valence-electron chi connectivity index (χ4n) is 3.92. The second-order valence-corrected chi connectivity index (χ2v) is 9.75. The average molecular weight is 482 g/mol. The minimum absolute atomic E-state index is 0.0738. The number of amides is 1. The molecular weight excluding hydrogens is 461 g/mol. The summed E-state index contributed by atoms with van der Waals surface area (Å²) < 4.78 is 72.3. The summed E-state index contributed by atoms with van der Waals surface area (Å²) in [6.45, 7) is 3.45. The first-order chi connectivity index (χ1) is 15.5. The number of anilines is 1. The molecule has 176 valence electrons. The minimum Gasteiger partial charge on any atom is -0.443 e. The Labute approximate surface area is 187 Å². The third-order valence-corrected chi connectivity index (χ3v) is 7.80. The van der Waals surface area contributed by atoms with Crippen LogP contribution in [-0.2, 0) is 21.0 Å². The number of piperidine rings is 1. The van der Waals surface area contributed by atoms with Gasteiger partial charge in [-0.3, -0.25) is 4.79 Å². The molecule has 0 bridgehead atoms. The second kappa shape index (κ2) is 8.41. The number of aryl methyl sites for hydroxylation is 2. The van der Waals surface area contributed by atoms with Crippen molar-refractivity contribution in [2.45, 2.75) is 37.8 Å². The van der Waals surface area contributed by atoms with Crippen molar-refractivity contribution >= 4 is 32.8 Å². The Balaban J connectivity index is 1.48. The summed E-state index contributed by atoms with van der Waals surface area (Å²) in [5, 5.41) is 3.35. The van der Waals surface area contributed by atoms with E-state index < -0.39 is 32.6 Å². The molecule has 1 aliphatic heterocycles. The van der Waals surface area contributed by atoms with Gasteiger partial charge in [-0.05, 0) is 38.8 Å². The van der Waals surface area contributed by atoms with Gasteiger partial charge in [-0.1, -0.05) is 12.1 Å². The number of carbonyl (C=O) groups excluding carboxylic acids is 1. The van der Waals surface area contributed by atoms with Gasteiger partial charge in [0.05, 0.1) is 15.8 Å². The number of nitrogens with one attached hydrogen (secondary N) is 1. The molecular formula is C21H21F3N4O4S. The van der Waals surface area contributed by atoms with E-state index in [-0.39, 0.29) is 31.8 Å². The molecule has 2 aromatic heterocycles. The van der Waals surface area contributed by atoms with Gasteiger partial charge in [0, 0.05) is 24.6 Å². The quantitative estimate of drug-likeness (QED) is 0.605. The maximum Gasteiger partial charge on any atom is 0.417 e. The van der Waals surface area contributed by atoms with Crippen LogP contribution in [0.25, 0.3) is 11.1 Å². The first-order valence-electron chi connectivity index (χ1n) is 10.2. The number of aromatic nitrogens is 2. The van der Waals surface area contributed by atoms with Crippen molar-refractivity contribution < 1.29 is 30.8 Å². The largest absolute Gasteiger partial charge is 0.443 e. The maximum atomic E-state index is 13.3. The van der Waals surface area contributed by atoms with Crippen LogP contribution in [0.15, 0.2) is 39.9 Å². The molecule has 0 saturated carbocycles. The van der Waals surface area contributed by atoms with Crippen LogP contribution in [0, 0.1) is 19.8 Å². The molecule has 0 aliphatic carbocycles. The van der Waals surface area contributed by atoms with Crippen molar-refractivity contribution in [3.8, 4) is 0 Å². The SMILES string of the molecule is Cc1oc2ncnc(NC(=O)C3CCN(S(=O)(=O)c4ccccc4C(F)(F)F)CC3)c2c1C. The lowest BCUT2D eigenvalue weighted by Crippen LogP contribution is -2.42. The van der Waals surface area contributed by atoms with Crippen LogP contribution in [0.2, 0.25) is 0 Å². The van der Waals surface area contributed by atoms with Gasteiger partial charge in [0.15, 0.2) is 0 Å². The van der Waals surface area contributed by atoms with Crippen LogP contribution < -0.4 is 5.32 Å². The Morgan fingerprint density at radius 3 is 2.48 bits per heavy atom. The number of hydrogen-bond acceptors (Lipinski definition) is 6. The Bertz CT molecular complexity index is 1310. The number of sulfonamides is 1. The third kappa shape index (κ3) is 4.32. The van der Waals surface area contributed by atoms with E-state index in [1.807, 2.05) is 6.92 Å². The third-order valence-electron chi connectivity index (χ3n) is 5.84. The van der Waals surface area contributed by atoms with Crippen molar-refractivity contribution in [1.29, 1.82) is 0 Å². The summed E-state index contributed by atoms with van der Waals surface area (Å²) in [4.78, 5) is 20.2. The smallest absolute Gasteiger partial charge is 0.417 e. The molecule has 1 aromatic carbocycles. The molecule has 0 spiro atoms. The lowest BCUT2D eigenvalue weighted by Gasteiger charge is -2.31. The first kappa shape index (κ1) is 23.2. The number of hydrogen-bond donors (Lipinski definition) is 1. The van der Waals surface area contributed by atoms with E-state index in [1.54, 1.807) is 6.92 Å². The van der Waals surface area contributed by atoms with Crippen LogP contribution in [0.5, 0.6) is 0 Å². The lowest BCUT2D eigenvalue weighted by atomic mass is 9.97. The van der Waals surface area contributed by atoms with Gasteiger partial charge in [-0.25, -0.2) is 18.4 Å². The van der Waals surface area contributed by atoms with E-state index in [2.05, 4.69) is 15.3 Å². The van der Waals surface area contributed by atoms with E-state index in [0.29, 0.717) is 22.7 Å². The van der Waals surface area contributed by atoms with Crippen LogP contribution in [0.4, 0.5) is 19.0 Å². The van der Waals surface area contributed by atoms with Crippen LogP contribution >= 0.6 is 0 Å². The normalized spacial score (nSPS) is 16.3. The molecule has 12 heteroatoms. The molecule has 1 fully saturated rings. The number of benzene rings is 1. The van der Waals surface area contributed by atoms with Gasteiger partial charge >= 0.3 is 6.18 Å². The monoisotopic (exact) mass is 482 g/mol. The summed E-state index contributed by atoms with van der Waals surface area (Å²) in [7, 11) is -4.37. The average Bonchev–Trinajstić information content (AvgIpc) is 3.07. The van der Waals surface area contributed by atoms with Gasteiger partial charge in [0.25, 0.3) is 0 Å². The van der Waals surface area contributed by atoms with Crippen molar-refractivity contribution in [2.24, 2.45) is 5.92 Å². The number of nitrogens with zero attached hydrogens (tertiary/aromatic N) is 3. The zero-order valence-corrected chi connectivity index (χ0v) is 18.6. The first-order valence-corrected chi connectivity index (χ1v) is 11.6.